The van der Waals surface area contributed by atoms with E-state index in [4.69, 9.17) is 27.9 Å². The van der Waals surface area contributed by atoms with Crippen LogP contribution in [0, 0.1) is 17.1 Å². The van der Waals surface area contributed by atoms with Crippen molar-refractivity contribution in [1.29, 1.82) is 5.26 Å². The number of benzene rings is 1. The van der Waals surface area contributed by atoms with Crippen molar-refractivity contribution >= 4 is 46.6 Å². The van der Waals surface area contributed by atoms with Gasteiger partial charge >= 0.3 is 6.09 Å². The average Bonchev–Trinajstić information content (AvgIpc) is 3.14. The Bertz CT molecular complexity index is 922. The molecular formula is C21H23Cl2FN4O3. The first-order valence-electron chi connectivity index (χ1n) is 10.0. The molecule has 1 aromatic carbocycles. The van der Waals surface area contributed by atoms with Gasteiger partial charge in [0, 0.05) is 18.7 Å². The second-order valence-electron chi connectivity index (χ2n) is 7.33. The van der Waals surface area contributed by atoms with Crippen molar-refractivity contribution in [2.24, 2.45) is 0 Å². The molecule has 166 valence electrons. The van der Waals surface area contributed by atoms with E-state index >= 15 is 0 Å². The van der Waals surface area contributed by atoms with Crippen LogP contribution in [0.1, 0.15) is 26.2 Å². The molecule has 2 aliphatic heterocycles. The molecule has 2 saturated heterocycles. The second-order valence-corrected chi connectivity index (χ2v) is 8.43. The Hall–Kier alpha value is -2.50. The van der Waals surface area contributed by atoms with Crippen molar-refractivity contribution < 1.29 is 18.7 Å². The molecule has 0 aromatic heterocycles. The number of allylic oxidation sites excluding steroid dienone is 1. The van der Waals surface area contributed by atoms with Gasteiger partial charge in [-0.2, -0.15) is 5.26 Å². The maximum absolute atomic E-state index is 14.9. The minimum absolute atomic E-state index is 0.0592. The van der Waals surface area contributed by atoms with Crippen LogP contribution in [0.4, 0.5) is 20.6 Å². The Labute approximate surface area is 190 Å². The van der Waals surface area contributed by atoms with E-state index in [9.17, 15) is 19.2 Å². The molecule has 10 heteroatoms. The molecule has 2 amide bonds. The highest BCUT2D eigenvalue weighted by molar-refractivity contribution is 6.53. The summed E-state index contributed by atoms with van der Waals surface area (Å²) in [5.41, 5.74) is 2.81. The van der Waals surface area contributed by atoms with Crippen molar-refractivity contribution in [2.45, 2.75) is 37.1 Å². The molecule has 0 aliphatic carbocycles. The van der Waals surface area contributed by atoms with E-state index in [0.29, 0.717) is 30.9 Å². The lowest BCUT2D eigenvalue weighted by atomic mass is 9.96. The van der Waals surface area contributed by atoms with Crippen molar-refractivity contribution in [3.8, 4) is 6.07 Å². The molecular weight excluding hydrogens is 446 g/mol. The standard InChI is InChI=1S/C21H23Cl2FN4O3/c1-2-13(10-25)14-5-7-27(8-6-14)18-4-3-15(9-17(18)24)28-12-16(31-21(28)30)11-26-20(29)19(22)23/h3-4,9,16,19H,2,5-8,11-12H2,1H3,(H,26,29). The number of alkyl halides is 2. The lowest BCUT2D eigenvalue weighted by Gasteiger charge is -2.31. The number of nitrogens with zero attached hydrogens (tertiary/aromatic N) is 3. The van der Waals surface area contributed by atoms with E-state index < -0.39 is 28.8 Å². The zero-order chi connectivity index (χ0) is 22.5. The maximum Gasteiger partial charge on any atom is 0.414 e. The first-order chi connectivity index (χ1) is 14.8. The van der Waals surface area contributed by atoms with Crippen molar-refractivity contribution in [1.82, 2.24) is 5.32 Å². The molecule has 2 heterocycles. The molecule has 0 radical (unpaired) electrons. The molecule has 2 fully saturated rings. The predicted molar refractivity (Wildman–Crippen MR) is 117 cm³/mol. The van der Waals surface area contributed by atoms with Gasteiger partial charge in [0.15, 0.2) is 4.84 Å². The van der Waals surface area contributed by atoms with E-state index in [0.717, 1.165) is 24.0 Å². The Morgan fingerprint density at radius 2 is 2.10 bits per heavy atom. The van der Waals surface area contributed by atoms with Crippen LogP contribution < -0.4 is 15.1 Å². The largest absolute Gasteiger partial charge is 0.442 e. The number of nitriles is 1. The number of anilines is 2. The summed E-state index contributed by atoms with van der Waals surface area (Å²) >= 11 is 10.9. The lowest BCUT2D eigenvalue weighted by molar-refractivity contribution is -0.119. The monoisotopic (exact) mass is 468 g/mol. The lowest BCUT2D eigenvalue weighted by Crippen LogP contribution is -2.37. The van der Waals surface area contributed by atoms with Crippen LogP contribution in [0.15, 0.2) is 29.3 Å². The van der Waals surface area contributed by atoms with Gasteiger partial charge in [0.25, 0.3) is 5.91 Å². The summed E-state index contributed by atoms with van der Waals surface area (Å²) in [6.45, 7) is 3.45. The summed E-state index contributed by atoms with van der Waals surface area (Å²) in [6.07, 6.45) is 0.969. The fraction of sp³-hybridized carbons (Fsp3) is 0.476. The summed E-state index contributed by atoms with van der Waals surface area (Å²) in [7, 11) is 0. The fourth-order valence-corrected chi connectivity index (χ4v) is 3.93. The summed E-state index contributed by atoms with van der Waals surface area (Å²) in [6, 6.07) is 6.89. The van der Waals surface area contributed by atoms with Crippen LogP contribution in [0.5, 0.6) is 0 Å². The van der Waals surface area contributed by atoms with Gasteiger partial charge in [0.05, 0.1) is 30.5 Å². The third-order valence-electron chi connectivity index (χ3n) is 5.44. The van der Waals surface area contributed by atoms with Crippen molar-refractivity contribution in [3.05, 3.63) is 35.2 Å². The summed E-state index contributed by atoms with van der Waals surface area (Å²) < 4.78 is 20.1. The molecule has 0 spiro atoms. The summed E-state index contributed by atoms with van der Waals surface area (Å²) in [5, 5.41) is 11.7. The molecule has 1 atom stereocenters. The number of carbonyl (C=O) groups excluding carboxylic acids is 2. The van der Waals surface area contributed by atoms with Gasteiger partial charge in [-0.15, -0.1) is 0 Å². The van der Waals surface area contributed by atoms with E-state index in [-0.39, 0.29) is 13.1 Å². The van der Waals surface area contributed by atoms with Crippen LogP contribution in [-0.4, -0.2) is 49.1 Å². The van der Waals surface area contributed by atoms with E-state index in [1.165, 1.54) is 11.0 Å². The number of piperidine rings is 1. The maximum atomic E-state index is 14.9. The van der Waals surface area contributed by atoms with Crippen molar-refractivity contribution in [3.63, 3.8) is 0 Å². The minimum Gasteiger partial charge on any atom is -0.442 e. The highest BCUT2D eigenvalue weighted by Crippen LogP contribution is 2.31. The van der Waals surface area contributed by atoms with E-state index in [1.807, 2.05) is 11.8 Å². The Morgan fingerprint density at radius 1 is 1.39 bits per heavy atom. The smallest absolute Gasteiger partial charge is 0.414 e. The van der Waals surface area contributed by atoms with Crippen LogP contribution in [0.2, 0.25) is 0 Å². The second kappa shape index (κ2) is 10.2. The first-order valence-corrected chi connectivity index (χ1v) is 10.9. The third kappa shape index (κ3) is 5.41. The average molecular weight is 469 g/mol. The Kier molecular flexibility index (Phi) is 7.63. The van der Waals surface area contributed by atoms with Gasteiger partial charge in [0.2, 0.25) is 0 Å². The topological polar surface area (TPSA) is 85.7 Å². The zero-order valence-electron chi connectivity index (χ0n) is 17.0. The number of halogens is 3. The van der Waals surface area contributed by atoms with Crippen molar-refractivity contribution in [2.75, 3.05) is 36.0 Å². The molecule has 0 bridgehead atoms. The van der Waals surface area contributed by atoms with Gasteiger partial charge < -0.3 is 15.0 Å². The number of amides is 2. The van der Waals surface area contributed by atoms with Gasteiger partial charge in [-0.25, -0.2) is 9.18 Å². The molecule has 31 heavy (non-hydrogen) atoms. The van der Waals surface area contributed by atoms with Gasteiger partial charge in [0.1, 0.15) is 11.9 Å². The highest BCUT2D eigenvalue weighted by atomic mass is 35.5. The Morgan fingerprint density at radius 3 is 2.68 bits per heavy atom. The molecule has 0 saturated carbocycles. The predicted octanol–water partition coefficient (Wildman–Crippen LogP) is 3.90. The fourth-order valence-electron chi connectivity index (χ4n) is 3.78. The summed E-state index contributed by atoms with van der Waals surface area (Å²) in [4.78, 5) is 25.7. The van der Waals surface area contributed by atoms with Crippen LogP contribution in [0.25, 0.3) is 0 Å². The quantitative estimate of drug-likeness (QED) is 0.505. The van der Waals surface area contributed by atoms with Crippen LogP contribution in [0.3, 0.4) is 0 Å². The molecule has 2 aliphatic rings. The first kappa shape index (κ1) is 23.2. The third-order valence-corrected chi connectivity index (χ3v) is 5.84. The number of rotatable bonds is 6. The van der Waals surface area contributed by atoms with E-state index in [2.05, 4.69) is 11.4 Å². The SMILES string of the molecule is CCC(C#N)=C1CCN(c2ccc(N3CC(CNC(=O)C(Cl)Cl)OC3=O)cc2F)CC1. The number of carbonyl (C=O) groups is 2. The normalized spacial score (nSPS) is 18.8. The van der Waals surface area contributed by atoms with Crippen LogP contribution in [-0.2, 0) is 9.53 Å². The van der Waals surface area contributed by atoms with Gasteiger partial charge in [-0.3, -0.25) is 9.69 Å². The molecule has 3 rings (SSSR count). The highest BCUT2D eigenvalue weighted by Gasteiger charge is 2.33. The van der Waals surface area contributed by atoms with Crippen LogP contribution >= 0.6 is 23.2 Å². The molecule has 1 unspecified atom stereocenters. The molecule has 1 aromatic rings. The number of nitrogens with one attached hydrogen (secondary N) is 1. The van der Waals surface area contributed by atoms with E-state index in [1.54, 1.807) is 12.1 Å². The van der Waals surface area contributed by atoms with Gasteiger partial charge in [-0.1, -0.05) is 35.7 Å². The van der Waals surface area contributed by atoms with Gasteiger partial charge in [-0.05, 0) is 37.5 Å². The minimum atomic E-state index is -1.20. The Balaban J connectivity index is 1.64. The zero-order valence-corrected chi connectivity index (χ0v) is 18.5. The summed E-state index contributed by atoms with van der Waals surface area (Å²) in [5.74, 6) is -1.01. The number of hydrogen-bond donors (Lipinski definition) is 1. The number of ether oxygens (including phenoxy) is 1. The number of cyclic esters (lactones) is 1. The number of hydrogen-bond acceptors (Lipinski definition) is 5. The molecule has 1 N–H and O–H groups in total. The molecule has 7 nitrogen and oxygen atoms in total.